The average Bonchev–Trinajstić information content (AvgIpc) is 3.36. The summed E-state index contributed by atoms with van der Waals surface area (Å²) in [4.78, 5) is 21.8. The number of aromatic nitrogens is 8. The minimum absolute atomic E-state index is 0.156. The lowest BCUT2D eigenvalue weighted by Crippen LogP contribution is -2.26. The fourth-order valence-electron chi connectivity index (χ4n) is 6.16. The van der Waals surface area contributed by atoms with E-state index in [-0.39, 0.29) is 23.4 Å². The number of nitrogens with zero attached hydrogens (tertiary/aromatic N) is 6. The first-order valence-electron chi connectivity index (χ1n) is 13.1. The lowest BCUT2D eigenvalue weighted by atomic mass is 10.0. The van der Waals surface area contributed by atoms with Crippen molar-refractivity contribution < 1.29 is 8.78 Å². The summed E-state index contributed by atoms with van der Waals surface area (Å²) in [6.45, 7) is 1.98. The van der Waals surface area contributed by atoms with Crippen molar-refractivity contribution in [2.45, 2.75) is 31.7 Å². The molecule has 6 aromatic rings. The Morgan fingerprint density at radius 3 is 2.80 bits per heavy atom. The summed E-state index contributed by atoms with van der Waals surface area (Å²) in [6.07, 6.45) is 1.22. The second kappa shape index (κ2) is 8.68. The summed E-state index contributed by atoms with van der Waals surface area (Å²) in [6, 6.07) is 14.5. The van der Waals surface area contributed by atoms with Crippen molar-refractivity contribution in [1.82, 2.24) is 39.7 Å². The molecule has 204 valence electrons. The van der Waals surface area contributed by atoms with Gasteiger partial charge in [-0.05, 0) is 55.2 Å². The molecule has 2 N–H and O–H groups in total. The van der Waals surface area contributed by atoms with E-state index in [2.05, 4.69) is 30.5 Å². The number of aromatic amines is 2. The predicted molar refractivity (Wildman–Crippen MR) is 148 cm³/mol. The van der Waals surface area contributed by atoms with Crippen molar-refractivity contribution in [3.05, 3.63) is 99.1 Å². The Morgan fingerprint density at radius 2 is 1.98 bits per heavy atom. The van der Waals surface area contributed by atoms with Gasteiger partial charge in [0.1, 0.15) is 11.5 Å². The van der Waals surface area contributed by atoms with Crippen LogP contribution in [0.2, 0.25) is 5.02 Å². The summed E-state index contributed by atoms with van der Waals surface area (Å²) in [7, 11) is 0. The maximum atomic E-state index is 13.7. The molecule has 3 atom stereocenters. The fraction of sp³-hybridized carbons (Fsp3) is 0.207. The molecule has 4 aromatic heterocycles. The Balaban J connectivity index is 1.18. The van der Waals surface area contributed by atoms with Gasteiger partial charge in [0.2, 0.25) is 0 Å². The number of nitrogens with one attached hydrogen (secondary N) is 2. The molecule has 5 heterocycles. The van der Waals surface area contributed by atoms with Crippen LogP contribution in [0.1, 0.15) is 47.6 Å². The van der Waals surface area contributed by atoms with Gasteiger partial charge in [-0.1, -0.05) is 28.9 Å². The molecule has 0 saturated heterocycles. The van der Waals surface area contributed by atoms with E-state index in [1.165, 1.54) is 10.9 Å². The third-order valence-corrected chi connectivity index (χ3v) is 8.42. The zero-order valence-corrected chi connectivity index (χ0v) is 22.3. The molecule has 1 aliphatic carbocycles. The Bertz CT molecular complexity index is 2060. The van der Waals surface area contributed by atoms with Crippen molar-refractivity contribution in [2.24, 2.45) is 5.92 Å². The van der Waals surface area contributed by atoms with Crippen LogP contribution >= 0.6 is 11.6 Å². The van der Waals surface area contributed by atoms with E-state index in [9.17, 15) is 13.6 Å². The van der Waals surface area contributed by atoms with Gasteiger partial charge < -0.3 is 9.55 Å². The Kier molecular flexibility index (Phi) is 5.12. The number of imidazole rings is 1. The molecule has 41 heavy (non-hydrogen) atoms. The highest BCUT2D eigenvalue weighted by Crippen LogP contribution is 2.60. The number of halogens is 3. The number of H-pyrrole nitrogens is 2. The van der Waals surface area contributed by atoms with Gasteiger partial charge >= 0.3 is 0 Å². The fourth-order valence-corrected chi connectivity index (χ4v) is 6.34. The van der Waals surface area contributed by atoms with Crippen LogP contribution in [0.25, 0.3) is 39.1 Å². The maximum Gasteiger partial charge on any atom is 0.283 e. The first-order chi connectivity index (χ1) is 19.9. The second-order valence-electron chi connectivity index (χ2n) is 10.6. The van der Waals surface area contributed by atoms with Gasteiger partial charge in [0.05, 0.1) is 35.3 Å². The highest BCUT2D eigenvalue weighted by Gasteiger charge is 2.53. The largest absolute Gasteiger partial charge is 0.340 e. The third-order valence-electron chi connectivity index (χ3n) is 8.19. The van der Waals surface area contributed by atoms with Gasteiger partial charge in [-0.2, -0.15) is 5.10 Å². The van der Waals surface area contributed by atoms with Gasteiger partial charge in [0.15, 0.2) is 0 Å². The molecule has 9 nitrogen and oxygen atoms in total. The molecule has 0 amide bonds. The molecular weight excluding hydrogens is 550 g/mol. The van der Waals surface area contributed by atoms with Crippen LogP contribution in [-0.4, -0.2) is 39.7 Å². The van der Waals surface area contributed by atoms with Crippen LogP contribution < -0.4 is 5.56 Å². The number of benzene rings is 2. The van der Waals surface area contributed by atoms with Crippen LogP contribution in [0.3, 0.4) is 0 Å². The smallest absolute Gasteiger partial charge is 0.283 e. The summed E-state index contributed by atoms with van der Waals surface area (Å²) >= 11 is 6.33. The first-order valence-corrected chi connectivity index (χ1v) is 13.5. The summed E-state index contributed by atoms with van der Waals surface area (Å²) in [5, 5.41) is 16.3. The molecule has 1 saturated carbocycles. The monoisotopic (exact) mass is 570 g/mol. The standard InChI is InChI=1S/C29H21ClF2N8O/c1-13-17-4-2-14(6-21(17)36-35-13)29-33-11-22(34-29)27-20-10-19(20)25-7-15(8-26(41)40(25)27)18-9-16(30)3-5-24(18)39-12-23(28(31)32)37-38-39/h2-9,11-12,19-20,27-28H,10H2,1H3,(H,33,34)(H,35,36). The van der Waals surface area contributed by atoms with Crippen LogP contribution in [0.5, 0.6) is 0 Å². The van der Waals surface area contributed by atoms with Crippen molar-refractivity contribution in [3.63, 3.8) is 0 Å². The Morgan fingerprint density at radius 1 is 1.10 bits per heavy atom. The first kappa shape index (κ1) is 24.2. The topological polar surface area (TPSA) is 110 Å². The lowest BCUT2D eigenvalue weighted by Gasteiger charge is -2.18. The second-order valence-corrected chi connectivity index (χ2v) is 11.1. The molecule has 12 heteroatoms. The minimum Gasteiger partial charge on any atom is -0.340 e. The van der Waals surface area contributed by atoms with Crippen LogP contribution in [0.15, 0.2) is 65.7 Å². The Labute approximate surface area is 235 Å². The van der Waals surface area contributed by atoms with Crippen LogP contribution in [-0.2, 0) is 0 Å². The van der Waals surface area contributed by atoms with E-state index in [1.54, 1.807) is 24.3 Å². The van der Waals surface area contributed by atoms with E-state index < -0.39 is 12.1 Å². The zero-order valence-electron chi connectivity index (χ0n) is 21.5. The van der Waals surface area contributed by atoms with Gasteiger partial charge in [-0.15, -0.1) is 5.10 Å². The molecule has 8 rings (SSSR count). The molecule has 1 fully saturated rings. The summed E-state index contributed by atoms with van der Waals surface area (Å²) in [5.41, 5.74) is 5.78. The molecule has 3 unspecified atom stereocenters. The van der Waals surface area contributed by atoms with Crippen molar-refractivity contribution in [2.75, 3.05) is 0 Å². The third kappa shape index (κ3) is 3.76. The van der Waals surface area contributed by atoms with Gasteiger partial charge in [-0.25, -0.2) is 18.4 Å². The molecule has 0 radical (unpaired) electrons. The highest BCUT2D eigenvalue weighted by molar-refractivity contribution is 6.31. The molecule has 2 aliphatic rings. The summed E-state index contributed by atoms with van der Waals surface area (Å²) in [5.74, 6) is 1.24. The molecular formula is C29H21ClF2N8O. The normalized spacial score (nSPS) is 19.2. The molecule has 2 aromatic carbocycles. The number of rotatable bonds is 5. The predicted octanol–water partition coefficient (Wildman–Crippen LogP) is 5.97. The minimum atomic E-state index is -2.74. The maximum absolute atomic E-state index is 13.7. The quantitative estimate of drug-likeness (QED) is 0.265. The average molecular weight is 571 g/mol. The number of pyridine rings is 1. The highest BCUT2D eigenvalue weighted by atomic mass is 35.5. The molecule has 0 bridgehead atoms. The van der Waals surface area contributed by atoms with Crippen LogP contribution in [0.4, 0.5) is 8.78 Å². The van der Waals surface area contributed by atoms with E-state index in [1.807, 2.05) is 42.0 Å². The van der Waals surface area contributed by atoms with E-state index in [0.717, 1.165) is 45.8 Å². The van der Waals surface area contributed by atoms with Gasteiger partial charge in [0.25, 0.3) is 12.0 Å². The van der Waals surface area contributed by atoms with E-state index in [4.69, 9.17) is 11.6 Å². The molecule has 1 aliphatic heterocycles. The van der Waals surface area contributed by atoms with Crippen molar-refractivity contribution >= 4 is 22.5 Å². The van der Waals surface area contributed by atoms with Crippen molar-refractivity contribution in [1.29, 1.82) is 0 Å². The molecule has 0 spiro atoms. The number of fused-ring (bicyclic) bond motifs is 4. The lowest BCUT2D eigenvalue weighted by molar-refractivity contribution is 0.146. The SMILES string of the molecule is Cc1[nH]nc2cc(-c3ncc(C4C5CC5c5cc(-c6cc(Cl)ccc6-n6cc(C(F)F)nn6)cc(=O)n54)[nH]3)ccc12. The zero-order chi connectivity index (χ0) is 28.0. The van der Waals surface area contributed by atoms with E-state index >= 15 is 0 Å². The van der Waals surface area contributed by atoms with Crippen molar-refractivity contribution in [3.8, 4) is 28.2 Å². The number of hydrogen-bond acceptors (Lipinski definition) is 5. The van der Waals surface area contributed by atoms with E-state index in [0.29, 0.717) is 21.8 Å². The van der Waals surface area contributed by atoms with Gasteiger partial charge in [-0.3, -0.25) is 9.89 Å². The Hall–Kier alpha value is -4.64. The number of aryl methyl sites for hydroxylation is 1. The van der Waals surface area contributed by atoms with Gasteiger partial charge in [0, 0.05) is 44.9 Å². The number of hydrogen-bond donors (Lipinski definition) is 2. The number of alkyl halides is 2. The van der Waals surface area contributed by atoms with Crippen LogP contribution in [0, 0.1) is 12.8 Å². The summed E-state index contributed by atoms with van der Waals surface area (Å²) < 4.78 is 29.5.